The number of fused-ring (bicyclic) bond motifs is 8. The molecule has 0 spiro atoms. The molecule has 4 aromatic rings. The van der Waals surface area contributed by atoms with Crippen LogP contribution in [0.25, 0.3) is 57.5 Å². The number of benzene rings is 1. The van der Waals surface area contributed by atoms with Gasteiger partial charge in [0.2, 0.25) is 0 Å². The summed E-state index contributed by atoms with van der Waals surface area (Å²) in [6.45, 7) is 0. The number of amides is 1. The number of hydrogen-bond donors (Lipinski definition) is 3. The van der Waals surface area contributed by atoms with E-state index in [1.807, 2.05) is 0 Å². The van der Waals surface area contributed by atoms with Crippen molar-refractivity contribution in [2.75, 3.05) is 5.32 Å². The lowest BCUT2D eigenvalue weighted by Crippen LogP contribution is -2.73. The number of carbonyl (C=O) groups is 1. The highest BCUT2D eigenvalue weighted by molar-refractivity contribution is 6.02. The van der Waals surface area contributed by atoms with Gasteiger partial charge >= 0.3 is 47.6 Å². The molecule has 290 valence electrons. The Hall–Kier alpha value is -5.76. The molecule has 3 aromatic heterocycles. The predicted molar refractivity (Wildman–Crippen MR) is 169 cm³/mol. The second kappa shape index (κ2) is 12.7. The molecule has 55 heavy (non-hydrogen) atoms. The second-order valence-electron chi connectivity index (χ2n) is 12.0. The van der Waals surface area contributed by atoms with Crippen LogP contribution in [0.3, 0.4) is 0 Å². The van der Waals surface area contributed by atoms with E-state index in [0.29, 0.717) is 28.1 Å². The molecule has 6 nitrogen and oxygen atoms in total. The number of rotatable bonds is 8. The fourth-order valence-electron chi connectivity index (χ4n) is 5.38. The predicted octanol–water partition coefficient (Wildman–Crippen LogP) is 10.6. The van der Waals surface area contributed by atoms with Crippen molar-refractivity contribution in [1.82, 2.24) is 19.9 Å². The fraction of sp³-hybridized carbons (Fsp3) is 0.206. The van der Waals surface area contributed by atoms with Gasteiger partial charge in [-0.25, -0.2) is 9.97 Å². The molecule has 1 amide bonds. The summed E-state index contributed by atoms with van der Waals surface area (Å²) in [4.78, 5) is 27.6. The van der Waals surface area contributed by atoms with Crippen LogP contribution in [-0.2, 0) is 4.79 Å². The normalized spacial score (nSPS) is 14.4. The Balaban J connectivity index is 1.42. The van der Waals surface area contributed by atoms with Crippen LogP contribution in [0, 0.1) is 0 Å². The van der Waals surface area contributed by atoms with E-state index in [1.165, 1.54) is 24.3 Å². The summed E-state index contributed by atoms with van der Waals surface area (Å²) < 4.78 is 207. The van der Waals surface area contributed by atoms with Crippen LogP contribution in [0.5, 0.6) is 0 Å². The van der Waals surface area contributed by atoms with Crippen molar-refractivity contribution in [3.05, 3.63) is 89.5 Å². The van der Waals surface area contributed by atoms with Crippen molar-refractivity contribution in [2.45, 2.75) is 41.7 Å². The van der Waals surface area contributed by atoms with Crippen LogP contribution in [0.1, 0.15) is 22.8 Å². The lowest BCUT2D eigenvalue weighted by atomic mass is 9.90. The van der Waals surface area contributed by atoms with Crippen molar-refractivity contribution in [1.29, 1.82) is 0 Å². The summed E-state index contributed by atoms with van der Waals surface area (Å²) >= 11 is 0. The van der Waals surface area contributed by atoms with Crippen molar-refractivity contribution in [3.63, 3.8) is 0 Å². The van der Waals surface area contributed by atoms with Gasteiger partial charge in [-0.2, -0.15) is 65.9 Å². The van der Waals surface area contributed by atoms with Gasteiger partial charge in [0.25, 0.3) is 0 Å². The number of alkyl halides is 15. The van der Waals surface area contributed by atoms with E-state index >= 15 is 0 Å². The Morgan fingerprint density at radius 1 is 0.491 bits per heavy atom. The molecular weight excluding hydrogens is 779 g/mol. The molecule has 6 rings (SSSR count). The molecule has 0 radical (unpaired) electrons. The quantitative estimate of drug-likeness (QED) is 0.134. The lowest BCUT2D eigenvalue weighted by molar-refractivity contribution is -0.449. The first-order valence-corrected chi connectivity index (χ1v) is 15.1. The van der Waals surface area contributed by atoms with E-state index in [4.69, 9.17) is 0 Å². The number of nitrogens with zero attached hydrogens (tertiary/aromatic N) is 2. The van der Waals surface area contributed by atoms with E-state index in [9.17, 15) is 70.7 Å². The number of aromatic amines is 2. The molecule has 21 heteroatoms. The number of hydrogen-bond acceptors (Lipinski definition) is 3. The molecule has 2 aliphatic rings. The SMILES string of the molecule is O=C(Nc1ccccc1-c1cc2cc3nc(cc4ccc(cc5nc(cc1[nH]2)C=C5)[nH]4)C=C3)C(F)(F)C(F)(F)C(F)(F)C(F)(F)C(F)(F)C(F)(F)C(F)(F)F. The topological polar surface area (TPSA) is 86.5 Å². The molecule has 0 unspecified atom stereocenters. The zero-order valence-electron chi connectivity index (χ0n) is 26.6. The van der Waals surface area contributed by atoms with Gasteiger partial charge in [-0.05, 0) is 72.8 Å². The zero-order valence-corrected chi connectivity index (χ0v) is 26.6. The molecule has 1 aromatic carbocycles. The Kier molecular flexibility index (Phi) is 8.96. The van der Waals surface area contributed by atoms with E-state index in [-0.39, 0.29) is 27.9 Å². The third-order valence-corrected chi connectivity index (χ3v) is 8.25. The molecule has 0 saturated heterocycles. The minimum atomic E-state index is -8.53. The maximum absolute atomic E-state index is 14.8. The van der Waals surface area contributed by atoms with Crippen molar-refractivity contribution in [3.8, 4) is 11.1 Å². The summed E-state index contributed by atoms with van der Waals surface area (Å²) in [5, 5.41) is 1.12. The van der Waals surface area contributed by atoms with E-state index in [1.54, 1.807) is 48.6 Å². The van der Waals surface area contributed by atoms with Crippen LogP contribution >= 0.6 is 0 Å². The Labute approximate surface area is 296 Å². The van der Waals surface area contributed by atoms with Gasteiger partial charge in [0.05, 0.1) is 22.8 Å². The van der Waals surface area contributed by atoms with Gasteiger partial charge in [-0.1, -0.05) is 18.2 Å². The molecule has 2 aliphatic heterocycles. The maximum Gasteiger partial charge on any atom is 0.460 e. The summed E-state index contributed by atoms with van der Waals surface area (Å²) in [7, 11) is 0. The highest BCUT2D eigenvalue weighted by Crippen LogP contribution is 2.62. The summed E-state index contributed by atoms with van der Waals surface area (Å²) in [5.74, 6) is -52.3. The van der Waals surface area contributed by atoms with Gasteiger partial charge in [0.15, 0.2) is 0 Å². The maximum atomic E-state index is 14.8. The molecule has 3 N–H and O–H groups in total. The number of aromatic nitrogens is 4. The molecule has 0 aliphatic carbocycles. The van der Waals surface area contributed by atoms with Crippen LogP contribution in [0.2, 0.25) is 0 Å². The standard InChI is InChI=1S/C34H18F15N5O/c35-28(36,29(37,38)30(39,40)31(41,42)32(43,44)33(45,46)34(47,48)49)27(55)54-25-4-2-1-3-23(25)24-14-22-13-20-8-7-18(51-20)11-16-5-6-17(50-16)12-19-9-10-21(52-19)15-26(24)53-22/h1-15,50,53H,(H,54,55). The summed E-state index contributed by atoms with van der Waals surface area (Å²) in [6.07, 6.45) is -1.30. The first-order chi connectivity index (χ1) is 25.3. The molecule has 0 atom stereocenters. The summed E-state index contributed by atoms with van der Waals surface area (Å²) in [5.41, 5.74) is 2.09. The smallest absolute Gasteiger partial charge is 0.355 e. The highest BCUT2D eigenvalue weighted by atomic mass is 19.4. The number of anilines is 1. The lowest BCUT2D eigenvalue weighted by Gasteiger charge is -2.41. The Morgan fingerprint density at radius 3 is 1.47 bits per heavy atom. The minimum Gasteiger partial charge on any atom is -0.355 e. The number of para-hydroxylation sites is 1. The van der Waals surface area contributed by atoms with E-state index < -0.39 is 53.3 Å². The zero-order chi connectivity index (χ0) is 40.6. The van der Waals surface area contributed by atoms with Gasteiger partial charge < -0.3 is 15.3 Å². The van der Waals surface area contributed by atoms with E-state index in [2.05, 4.69) is 19.9 Å². The molecular formula is C34H18F15N5O. The van der Waals surface area contributed by atoms with Gasteiger partial charge in [-0.15, -0.1) is 0 Å². The minimum absolute atomic E-state index is 0.0205. The van der Waals surface area contributed by atoms with Crippen LogP contribution in [-0.4, -0.2) is 67.6 Å². The largest absolute Gasteiger partial charge is 0.460 e. The van der Waals surface area contributed by atoms with Crippen molar-refractivity contribution in [2.24, 2.45) is 0 Å². The summed E-state index contributed by atoms with van der Waals surface area (Å²) in [6, 6.07) is 15.3. The van der Waals surface area contributed by atoms with E-state index in [0.717, 1.165) is 23.5 Å². The second-order valence-corrected chi connectivity index (χ2v) is 12.0. The van der Waals surface area contributed by atoms with Crippen LogP contribution in [0.15, 0.2) is 66.7 Å². The van der Waals surface area contributed by atoms with Gasteiger partial charge in [0, 0.05) is 38.9 Å². The third kappa shape index (κ3) is 6.27. The van der Waals surface area contributed by atoms with Gasteiger partial charge in [-0.3, -0.25) is 4.79 Å². The number of H-pyrrole nitrogens is 2. The number of nitrogens with one attached hydrogen (secondary N) is 3. The van der Waals surface area contributed by atoms with Crippen molar-refractivity contribution >= 4 is 58.0 Å². The average Bonchev–Trinajstić information content (AvgIpc) is 3.90. The molecule has 8 bridgehead atoms. The number of carbonyl (C=O) groups excluding carboxylic acids is 1. The van der Waals surface area contributed by atoms with Gasteiger partial charge in [0.1, 0.15) is 0 Å². The Bertz CT molecular complexity index is 2410. The third-order valence-electron chi connectivity index (χ3n) is 8.25. The number of halogens is 15. The van der Waals surface area contributed by atoms with Crippen LogP contribution in [0.4, 0.5) is 71.5 Å². The molecule has 0 fully saturated rings. The monoisotopic (exact) mass is 797 g/mol. The molecule has 0 saturated carbocycles. The first kappa shape index (κ1) is 38.9. The first-order valence-electron chi connectivity index (χ1n) is 15.1. The fourth-order valence-corrected chi connectivity index (χ4v) is 5.38. The van der Waals surface area contributed by atoms with Crippen LogP contribution < -0.4 is 5.32 Å². The Morgan fingerprint density at radius 2 is 0.945 bits per heavy atom. The van der Waals surface area contributed by atoms with Crippen molar-refractivity contribution < 1.29 is 70.7 Å². The highest BCUT2D eigenvalue weighted by Gasteiger charge is 2.94. The molecule has 5 heterocycles. The average molecular weight is 798 g/mol.